The molecule has 4 rings (SSSR count). The zero-order chi connectivity index (χ0) is 19.9. The lowest BCUT2D eigenvalue weighted by molar-refractivity contribution is 0.251. The van der Waals surface area contributed by atoms with E-state index >= 15 is 0 Å². The molecule has 0 unspecified atom stereocenters. The number of benzene rings is 1. The van der Waals surface area contributed by atoms with Gasteiger partial charge in [-0.05, 0) is 25.8 Å². The molecule has 0 saturated carbocycles. The van der Waals surface area contributed by atoms with Crippen LogP contribution in [0.3, 0.4) is 0 Å². The molecule has 0 radical (unpaired) electrons. The largest absolute Gasteiger partial charge is 0.493 e. The summed E-state index contributed by atoms with van der Waals surface area (Å²) in [6, 6.07) is 3.63. The minimum absolute atomic E-state index is 0.142. The lowest BCUT2D eigenvalue weighted by Gasteiger charge is -2.37. The molecule has 1 saturated heterocycles. The van der Waals surface area contributed by atoms with E-state index in [1.54, 1.807) is 20.3 Å². The summed E-state index contributed by atoms with van der Waals surface area (Å²) >= 11 is 0. The number of aromatic nitrogens is 4. The smallest absolute Gasteiger partial charge is 0.232 e. The fraction of sp³-hybridized carbons (Fsp3) is 0.474. The van der Waals surface area contributed by atoms with Gasteiger partial charge in [0, 0.05) is 24.5 Å². The first-order valence-corrected chi connectivity index (χ1v) is 9.18. The Kier molecular flexibility index (Phi) is 4.44. The molecule has 0 aliphatic carbocycles. The van der Waals surface area contributed by atoms with Crippen molar-refractivity contribution in [1.82, 2.24) is 20.1 Å². The highest BCUT2D eigenvalue weighted by Crippen LogP contribution is 2.37. The van der Waals surface area contributed by atoms with Gasteiger partial charge in [0.25, 0.3) is 0 Å². The van der Waals surface area contributed by atoms with Crippen LogP contribution in [0.2, 0.25) is 0 Å². The zero-order valence-corrected chi connectivity index (χ0v) is 16.5. The van der Waals surface area contributed by atoms with Gasteiger partial charge in [-0.2, -0.15) is 9.97 Å². The van der Waals surface area contributed by atoms with Crippen molar-refractivity contribution in [2.45, 2.75) is 32.1 Å². The fourth-order valence-corrected chi connectivity index (χ4v) is 3.56. The number of nitrogens with two attached hydrogens (primary N) is 1. The highest BCUT2D eigenvalue weighted by Gasteiger charge is 2.37. The lowest BCUT2D eigenvalue weighted by Crippen LogP contribution is -2.42. The average molecular weight is 384 g/mol. The van der Waals surface area contributed by atoms with Crippen LogP contribution >= 0.6 is 0 Å². The van der Waals surface area contributed by atoms with Crippen LogP contribution in [0, 0.1) is 6.92 Å². The summed E-state index contributed by atoms with van der Waals surface area (Å²) in [5, 5.41) is 4.67. The molecule has 1 aromatic carbocycles. The molecular formula is C19H24N6O3. The van der Waals surface area contributed by atoms with Crippen LogP contribution < -0.4 is 20.1 Å². The number of hydrogen-bond donors (Lipinski definition) is 1. The molecule has 1 aliphatic heterocycles. The Morgan fingerprint density at radius 2 is 1.75 bits per heavy atom. The van der Waals surface area contributed by atoms with Crippen molar-refractivity contribution in [1.29, 1.82) is 0 Å². The first kappa shape index (κ1) is 18.3. The monoisotopic (exact) mass is 384 g/mol. The van der Waals surface area contributed by atoms with Gasteiger partial charge in [-0.1, -0.05) is 12.1 Å². The van der Waals surface area contributed by atoms with Crippen LogP contribution in [-0.2, 0) is 5.41 Å². The number of anilines is 2. The molecule has 148 valence electrons. The molecule has 9 heteroatoms. The van der Waals surface area contributed by atoms with Crippen molar-refractivity contribution in [2.75, 3.05) is 37.9 Å². The quantitative estimate of drug-likeness (QED) is 0.724. The number of rotatable bonds is 4. The van der Waals surface area contributed by atoms with E-state index in [0.717, 1.165) is 36.8 Å². The number of piperidine rings is 1. The third-order valence-electron chi connectivity index (χ3n) is 5.41. The summed E-state index contributed by atoms with van der Waals surface area (Å²) in [4.78, 5) is 15.8. The van der Waals surface area contributed by atoms with Gasteiger partial charge in [-0.3, -0.25) is 0 Å². The Bertz CT molecular complexity index is 1010. The Morgan fingerprint density at radius 1 is 1.07 bits per heavy atom. The van der Waals surface area contributed by atoms with Gasteiger partial charge < -0.3 is 24.6 Å². The molecule has 2 N–H and O–H groups in total. The number of fused-ring (bicyclic) bond motifs is 1. The van der Waals surface area contributed by atoms with E-state index in [9.17, 15) is 0 Å². The zero-order valence-electron chi connectivity index (χ0n) is 16.5. The van der Waals surface area contributed by atoms with Crippen molar-refractivity contribution in [3.8, 4) is 11.5 Å². The third kappa shape index (κ3) is 3.06. The topological polar surface area (TPSA) is 112 Å². The first-order chi connectivity index (χ1) is 13.4. The minimum atomic E-state index is -0.142. The maximum atomic E-state index is 6.22. The molecule has 3 aromatic rings. The SMILES string of the molecule is COc1cc2nc(N3CCC(C)(c4nc(C)no4)CC3)nc(N)c2cc1OC. The highest BCUT2D eigenvalue weighted by atomic mass is 16.5. The molecule has 9 nitrogen and oxygen atoms in total. The van der Waals surface area contributed by atoms with E-state index in [0.29, 0.717) is 35.0 Å². The lowest BCUT2D eigenvalue weighted by atomic mass is 9.80. The summed E-state index contributed by atoms with van der Waals surface area (Å²) < 4.78 is 16.1. The van der Waals surface area contributed by atoms with Gasteiger partial charge >= 0.3 is 0 Å². The predicted molar refractivity (Wildman–Crippen MR) is 105 cm³/mol. The van der Waals surface area contributed by atoms with E-state index in [4.69, 9.17) is 24.7 Å². The standard InChI is InChI=1S/C19H24N6O3/c1-11-21-17(28-24-11)19(2)5-7-25(8-6-19)18-22-13-10-15(27-4)14(26-3)9-12(13)16(20)23-18/h9-10H,5-8H2,1-4H3,(H2,20,22,23). The molecule has 2 aromatic heterocycles. The van der Waals surface area contributed by atoms with Crippen molar-refractivity contribution in [3.63, 3.8) is 0 Å². The Balaban J connectivity index is 1.61. The van der Waals surface area contributed by atoms with Gasteiger partial charge in [0.05, 0.1) is 25.2 Å². The molecule has 28 heavy (non-hydrogen) atoms. The molecular weight excluding hydrogens is 360 g/mol. The van der Waals surface area contributed by atoms with Crippen LogP contribution in [0.1, 0.15) is 31.5 Å². The van der Waals surface area contributed by atoms with Gasteiger partial charge in [-0.25, -0.2) is 4.98 Å². The minimum Gasteiger partial charge on any atom is -0.493 e. The molecule has 0 spiro atoms. The van der Waals surface area contributed by atoms with E-state index in [1.165, 1.54) is 0 Å². The highest BCUT2D eigenvalue weighted by molar-refractivity contribution is 5.91. The number of nitrogen functional groups attached to an aromatic ring is 1. The molecule has 0 amide bonds. The summed E-state index contributed by atoms with van der Waals surface area (Å²) in [5.41, 5.74) is 6.80. The van der Waals surface area contributed by atoms with E-state index < -0.39 is 0 Å². The van der Waals surface area contributed by atoms with Crippen LogP contribution in [0.5, 0.6) is 11.5 Å². The molecule has 0 bridgehead atoms. The number of methoxy groups -OCH3 is 2. The van der Waals surface area contributed by atoms with Crippen LogP contribution in [0.25, 0.3) is 10.9 Å². The summed E-state index contributed by atoms with van der Waals surface area (Å²) in [6.07, 6.45) is 1.73. The second-order valence-electron chi connectivity index (χ2n) is 7.33. The van der Waals surface area contributed by atoms with Gasteiger partial charge in [0.2, 0.25) is 11.8 Å². The van der Waals surface area contributed by atoms with Crippen molar-refractivity contribution in [3.05, 3.63) is 23.8 Å². The molecule has 1 aliphatic rings. The fourth-order valence-electron chi connectivity index (χ4n) is 3.56. The average Bonchev–Trinajstić information content (AvgIpc) is 3.14. The second-order valence-corrected chi connectivity index (χ2v) is 7.33. The van der Waals surface area contributed by atoms with Crippen LogP contribution in [0.15, 0.2) is 16.7 Å². The van der Waals surface area contributed by atoms with Crippen LogP contribution in [0.4, 0.5) is 11.8 Å². The second kappa shape index (κ2) is 6.81. The van der Waals surface area contributed by atoms with Crippen molar-refractivity contribution < 1.29 is 14.0 Å². The van der Waals surface area contributed by atoms with E-state index in [1.807, 2.05) is 13.0 Å². The number of hydrogen-bond acceptors (Lipinski definition) is 9. The summed E-state index contributed by atoms with van der Waals surface area (Å²) in [7, 11) is 3.19. The van der Waals surface area contributed by atoms with Crippen molar-refractivity contribution >= 4 is 22.7 Å². The third-order valence-corrected chi connectivity index (χ3v) is 5.41. The summed E-state index contributed by atoms with van der Waals surface area (Å²) in [5.74, 6) is 3.59. The predicted octanol–water partition coefficient (Wildman–Crippen LogP) is 2.48. The van der Waals surface area contributed by atoms with Gasteiger partial charge in [0.1, 0.15) is 5.82 Å². The Hall–Kier alpha value is -3.10. The maximum Gasteiger partial charge on any atom is 0.232 e. The van der Waals surface area contributed by atoms with Crippen molar-refractivity contribution in [2.24, 2.45) is 0 Å². The van der Waals surface area contributed by atoms with Gasteiger partial charge in [0.15, 0.2) is 17.3 Å². The molecule has 3 heterocycles. The summed E-state index contributed by atoms with van der Waals surface area (Å²) in [6.45, 7) is 5.54. The normalized spacial score (nSPS) is 16.4. The van der Waals surface area contributed by atoms with Gasteiger partial charge in [-0.15, -0.1) is 0 Å². The number of aryl methyl sites for hydroxylation is 1. The Labute approximate surface area is 162 Å². The number of nitrogens with zero attached hydrogens (tertiary/aromatic N) is 5. The maximum absolute atomic E-state index is 6.22. The van der Waals surface area contributed by atoms with Crippen LogP contribution in [-0.4, -0.2) is 47.4 Å². The molecule has 0 atom stereocenters. The van der Waals surface area contributed by atoms with E-state index in [-0.39, 0.29) is 5.41 Å². The number of ether oxygens (including phenoxy) is 2. The van der Waals surface area contributed by atoms with E-state index in [2.05, 4.69) is 26.9 Å². The first-order valence-electron chi connectivity index (χ1n) is 9.18. The Morgan fingerprint density at radius 3 is 2.36 bits per heavy atom. The molecule has 1 fully saturated rings.